The summed E-state index contributed by atoms with van der Waals surface area (Å²) >= 11 is 0. The molecule has 0 saturated heterocycles. The number of carbonyl (C=O) groups is 1. The van der Waals surface area contributed by atoms with Crippen molar-refractivity contribution in [3.63, 3.8) is 0 Å². The molecule has 0 N–H and O–H groups in total. The number of allylic oxidation sites excluding steroid dienone is 2. The minimum absolute atomic E-state index is 0.100. The van der Waals surface area contributed by atoms with Crippen molar-refractivity contribution < 1.29 is 14.3 Å². The quantitative estimate of drug-likeness (QED) is 0.305. The smallest absolute Gasteiger partial charge is 0.203 e. The largest absolute Gasteiger partial charge is 0.496 e. The minimum Gasteiger partial charge on any atom is -0.496 e. The first-order chi connectivity index (χ1) is 14.1. The van der Waals surface area contributed by atoms with Crippen LogP contribution in [0.5, 0.6) is 11.5 Å². The van der Waals surface area contributed by atoms with Crippen molar-refractivity contribution in [2.24, 2.45) is 7.05 Å². The number of rotatable bonds is 9. The van der Waals surface area contributed by atoms with Crippen molar-refractivity contribution in [1.82, 2.24) is 9.78 Å². The van der Waals surface area contributed by atoms with Gasteiger partial charge in [-0.1, -0.05) is 36.4 Å². The summed E-state index contributed by atoms with van der Waals surface area (Å²) in [5.41, 5.74) is 3.41. The average molecular weight is 388 g/mol. The molecule has 0 unspecified atom stereocenters. The molecule has 1 aromatic heterocycles. The molecule has 0 fully saturated rings. The average Bonchev–Trinajstić information content (AvgIpc) is 3.17. The highest BCUT2D eigenvalue weighted by atomic mass is 16.5. The SMILES string of the molecule is C=CCc1ccccc1OCc1cc(/C=C/C(=O)c2ccnn2C)ccc1OC. The molecule has 3 aromatic rings. The number of aryl methyl sites for hydroxylation is 1. The summed E-state index contributed by atoms with van der Waals surface area (Å²) in [5.74, 6) is 1.46. The predicted octanol–water partition coefficient (Wildman–Crippen LogP) is 4.63. The van der Waals surface area contributed by atoms with Gasteiger partial charge in [-0.25, -0.2) is 0 Å². The highest BCUT2D eigenvalue weighted by molar-refractivity contribution is 6.05. The van der Waals surface area contributed by atoms with Crippen LogP contribution in [-0.2, 0) is 20.1 Å². The van der Waals surface area contributed by atoms with Crippen LogP contribution in [0, 0.1) is 0 Å². The van der Waals surface area contributed by atoms with Gasteiger partial charge in [0.25, 0.3) is 0 Å². The van der Waals surface area contributed by atoms with Gasteiger partial charge < -0.3 is 9.47 Å². The number of benzene rings is 2. The Morgan fingerprint density at radius 3 is 2.69 bits per heavy atom. The molecule has 0 bridgehead atoms. The number of carbonyl (C=O) groups excluding carboxylic acids is 1. The lowest BCUT2D eigenvalue weighted by atomic mass is 10.1. The highest BCUT2D eigenvalue weighted by Gasteiger charge is 2.09. The zero-order valence-corrected chi connectivity index (χ0v) is 16.7. The van der Waals surface area contributed by atoms with Crippen LogP contribution in [0.4, 0.5) is 0 Å². The Balaban J connectivity index is 1.77. The van der Waals surface area contributed by atoms with Gasteiger partial charge in [-0.15, -0.1) is 6.58 Å². The van der Waals surface area contributed by atoms with Crippen molar-refractivity contribution in [2.75, 3.05) is 7.11 Å². The summed E-state index contributed by atoms with van der Waals surface area (Å²) in [6, 6.07) is 15.3. The molecule has 29 heavy (non-hydrogen) atoms. The first kappa shape index (κ1) is 20.1. The van der Waals surface area contributed by atoms with Gasteiger partial charge >= 0.3 is 0 Å². The second-order valence-electron chi connectivity index (χ2n) is 6.50. The van der Waals surface area contributed by atoms with E-state index in [1.165, 1.54) is 0 Å². The molecule has 0 aliphatic carbocycles. The van der Waals surface area contributed by atoms with E-state index in [1.54, 1.807) is 43.3 Å². The maximum Gasteiger partial charge on any atom is 0.203 e. The zero-order chi connectivity index (χ0) is 20.6. The number of nitrogens with zero attached hydrogens (tertiary/aromatic N) is 2. The fourth-order valence-electron chi connectivity index (χ4n) is 3.01. The maximum atomic E-state index is 12.3. The lowest BCUT2D eigenvalue weighted by Gasteiger charge is -2.13. The maximum absolute atomic E-state index is 12.3. The topological polar surface area (TPSA) is 53.3 Å². The van der Waals surface area contributed by atoms with E-state index in [0.717, 1.165) is 34.6 Å². The first-order valence-electron chi connectivity index (χ1n) is 9.31. The van der Waals surface area contributed by atoms with E-state index in [0.29, 0.717) is 12.3 Å². The Hall–Kier alpha value is -3.60. The molecule has 0 amide bonds. The Labute approximate surface area is 170 Å². The fourth-order valence-corrected chi connectivity index (χ4v) is 3.01. The fraction of sp³-hybridized carbons (Fsp3) is 0.167. The first-order valence-corrected chi connectivity index (χ1v) is 9.31. The van der Waals surface area contributed by atoms with E-state index < -0.39 is 0 Å². The van der Waals surface area contributed by atoms with Gasteiger partial charge in [0.1, 0.15) is 23.8 Å². The zero-order valence-electron chi connectivity index (χ0n) is 16.7. The number of ketones is 1. The molecule has 5 heteroatoms. The van der Waals surface area contributed by atoms with Crippen molar-refractivity contribution in [3.8, 4) is 11.5 Å². The number of hydrogen-bond donors (Lipinski definition) is 0. The summed E-state index contributed by atoms with van der Waals surface area (Å²) in [5, 5.41) is 4.03. The van der Waals surface area contributed by atoms with Gasteiger partial charge in [-0.05, 0) is 47.9 Å². The van der Waals surface area contributed by atoms with Crippen LogP contribution >= 0.6 is 0 Å². The number of hydrogen-bond acceptors (Lipinski definition) is 4. The number of methoxy groups -OCH3 is 1. The van der Waals surface area contributed by atoms with Crippen molar-refractivity contribution >= 4 is 11.9 Å². The molecule has 0 aliphatic heterocycles. The van der Waals surface area contributed by atoms with E-state index in [2.05, 4.69) is 11.7 Å². The van der Waals surface area contributed by atoms with Crippen molar-refractivity contribution in [3.05, 3.63) is 95.8 Å². The molecule has 2 aromatic carbocycles. The Morgan fingerprint density at radius 1 is 1.14 bits per heavy atom. The predicted molar refractivity (Wildman–Crippen MR) is 114 cm³/mol. The van der Waals surface area contributed by atoms with Gasteiger partial charge in [-0.2, -0.15) is 5.10 Å². The molecule has 0 atom stereocenters. The highest BCUT2D eigenvalue weighted by Crippen LogP contribution is 2.25. The van der Waals surface area contributed by atoms with Gasteiger partial charge in [0.15, 0.2) is 0 Å². The van der Waals surface area contributed by atoms with Gasteiger partial charge in [-0.3, -0.25) is 9.48 Å². The van der Waals surface area contributed by atoms with E-state index >= 15 is 0 Å². The summed E-state index contributed by atoms with van der Waals surface area (Å²) in [7, 11) is 3.38. The number of para-hydroxylation sites is 1. The van der Waals surface area contributed by atoms with Crippen LogP contribution in [-0.4, -0.2) is 22.7 Å². The van der Waals surface area contributed by atoms with Crippen LogP contribution in [0.25, 0.3) is 6.08 Å². The van der Waals surface area contributed by atoms with Crippen LogP contribution < -0.4 is 9.47 Å². The van der Waals surface area contributed by atoms with Crippen molar-refractivity contribution in [2.45, 2.75) is 13.0 Å². The molecule has 0 aliphatic rings. The van der Waals surface area contributed by atoms with E-state index in [-0.39, 0.29) is 5.78 Å². The van der Waals surface area contributed by atoms with Crippen LogP contribution in [0.1, 0.15) is 27.2 Å². The third-order valence-corrected chi connectivity index (χ3v) is 4.53. The van der Waals surface area contributed by atoms with Crippen LogP contribution in [0.3, 0.4) is 0 Å². The van der Waals surface area contributed by atoms with E-state index in [9.17, 15) is 4.79 Å². The molecule has 1 heterocycles. The Bertz CT molecular complexity index is 1030. The van der Waals surface area contributed by atoms with Crippen LogP contribution in [0.15, 0.2) is 73.5 Å². The van der Waals surface area contributed by atoms with Gasteiger partial charge in [0.05, 0.1) is 7.11 Å². The summed E-state index contributed by atoms with van der Waals surface area (Å²) in [6.07, 6.45) is 7.53. The van der Waals surface area contributed by atoms with Crippen molar-refractivity contribution in [1.29, 1.82) is 0 Å². The lowest BCUT2D eigenvalue weighted by Crippen LogP contribution is -2.04. The van der Waals surface area contributed by atoms with Gasteiger partial charge in [0.2, 0.25) is 5.78 Å². The normalized spacial score (nSPS) is 10.8. The number of aromatic nitrogens is 2. The minimum atomic E-state index is -0.100. The van der Waals surface area contributed by atoms with Crippen LogP contribution in [0.2, 0.25) is 0 Å². The molecular weight excluding hydrogens is 364 g/mol. The van der Waals surface area contributed by atoms with E-state index in [4.69, 9.17) is 9.47 Å². The van der Waals surface area contributed by atoms with Gasteiger partial charge in [0, 0.05) is 18.8 Å². The molecule has 0 radical (unpaired) electrons. The van der Waals surface area contributed by atoms with E-state index in [1.807, 2.05) is 48.5 Å². The summed E-state index contributed by atoms with van der Waals surface area (Å²) in [4.78, 5) is 12.3. The second-order valence-corrected chi connectivity index (χ2v) is 6.50. The lowest BCUT2D eigenvalue weighted by molar-refractivity contribution is 0.103. The molecule has 3 rings (SSSR count). The summed E-state index contributed by atoms with van der Waals surface area (Å²) in [6.45, 7) is 4.15. The Kier molecular flexibility index (Phi) is 6.63. The summed E-state index contributed by atoms with van der Waals surface area (Å²) < 4.78 is 13.1. The molecular formula is C24H24N2O3. The molecule has 0 saturated carbocycles. The molecule has 5 nitrogen and oxygen atoms in total. The Morgan fingerprint density at radius 2 is 1.97 bits per heavy atom. The molecule has 148 valence electrons. The molecule has 0 spiro atoms. The standard InChI is InChI=1S/C24H24N2O3/c1-4-7-19-8-5-6-9-24(19)29-17-20-16-18(11-13-23(20)28-3)10-12-22(27)21-14-15-25-26(21)2/h4-6,8-16H,1,7,17H2,2-3H3/b12-10+. The third-order valence-electron chi connectivity index (χ3n) is 4.53. The monoisotopic (exact) mass is 388 g/mol. The second kappa shape index (κ2) is 9.55. The third kappa shape index (κ3) is 5.02. The number of ether oxygens (including phenoxy) is 2.